The van der Waals surface area contributed by atoms with Gasteiger partial charge in [0, 0.05) is 31.0 Å². The van der Waals surface area contributed by atoms with Crippen molar-refractivity contribution in [2.24, 2.45) is 0 Å². The predicted molar refractivity (Wildman–Crippen MR) is 100 cm³/mol. The van der Waals surface area contributed by atoms with Gasteiger partial charge in [-0.2, -0.15) is 0 Å². The smallest absolute Gasteiger partial charge is 0.323 e. The molecule has 0 fully saturated rings. The maximum Gasteiger partial charge on any atom is 0.323 e. The molecule has 0 spiro atoms. The Morgan fingerprint density at radius 3 is 2.48 bits per heavy atom. The number of fused-ring (bicyclic) bond motifs is 1. The molecule has 1 aliphatic rings. The first-order valence-electron chi connectivity index (χ1n) is 8.46. The summed E-state index contributed by atoms with van der Waals surface area (Å²) >= 11 is 0. The largest absolute Gasteiger partial charge is 0.345 e. The molecule has 130 valence electrons. The number of anilines is 2. The van der Waals surface area contributed by atoms with Crippen molar-refractivity contribution in [3.8, 4) is 0 Å². The minimum absolute atomic E-state index is 0.0953. The fourth-order valence-electron chi connectivity index (χ4n) is 3.08. The van der Waals surface area contributed by atoms with Crippen molar-refractivity contribution >= 4 is 23.3 Å². The molecule has 0 saturated heterocycles. The van der Waals surface area contributed by atoms with Gasteiger partial charge in [-0.25, -0.2) is 4.79 Å². The summed E-state index contributed by atoms with van der Waals surface area (Å²) in [5.74, 6) is -0.0953. The van der Waals surface area contributed by atoms with Crippen molar-refractivity contribution < 1.29 is 9.59 Å². The molecule has 2 N–H and O–H groups in total. The number of hydrogen-bond donors (Lipinski definition) is 2. The van der Waals surface area contributed by atoms with Gasteiger partial charge >= 0.3 is 6.03 Å². The minimum atomic E-state index is -0.310. The van der Waals surface area contributed by atoms with Crippen LogP contribution in [0.2, 0.25) is 0 Å². The Bertz CT molecular complexity index is 828. The number of amides is 3. The molecular weight excluding hydrogens is 314 g/mol. The molecule has 0 aliphatic heterocycles. The average Bonchev–Trinajstić information content (AvgIpc) is 3.03. The monoisotopic (exact) mass is 337 g/mol. The molecule has 0 unspecified atom stereocenters. The Labute approximate surface area is 148 Å². The highest BCUT2D eigenvalue weighted by Gasteiger charge is 2.14. The van der Waals surface area contributed by atoms with Crippen LogP contribution >= 0.6 is 0 Å². The van der Waals surface area contributed by atoms with Gasteiger partial charge in [0.1, 0.15) is 0 Å². The molecule has 0 saturated carbocycles. The molecule has 0 aromatic heterocycles. The molecule has 25 heavy (non-hydrogen) atoms. The van der Waals surface area contributed by atoms with Gasteiger partial charge in [0.05, 0.1) is 0 Å². The predicted octanol–water partition coefficient (Wildman–Crippen LogP) is 3.83. The van der Waals surface area contributed by atoms with Gasteiger partial charge < -0.3 is 15.5 Å². The van der Waals surface area contributed by atoms with E-state index in [2.05, 4.69) is 16.7 Å². The Hall–Kier alpha value is -2.82. The van der Waals surface area contributed by atoms with E-state index in [1.807, 2.05) is 25.1 Å². The quantitative estimate of drug-likeness (QED) is 0.894. The van der Waals surface area contributed by atoms with Gasteiger partial charge in [0.15, 0.2) is 0 Å². The number of aryl methyl sites for hydroxylation is 3. The van der Waals surface area contributed by atoms with Crippen LogP contribution in [0.5, 0.6) is 0 Å². The van der Waals surface area contributed by atoms with Gasteiger partial charge in [-0.1, -0.05) is 12.1 Å². The van der Waals surface area contributed by atoms with Crippen LogP contribution in [0.4, 0.5) is 16.2 Å². The Balaban J connectivity index is 1.72. The van der Waals surface area contributed by atoms with Crippen LogP contribution in [-0.2, 0) is 12.8 Å². The maximum atomic E-state index is 12.3. The summed E-state index contributed by atoms with van der Waals surface area (Å²) in [7, 11) is 3.41. The fraction of sp³-hybridized carbons (Fsp3) is 0.300. The first kappa shape index (κ1) is 17.0. The summed E-state index contributed by atoms with van der Waals surface area (Å²) in [6.07, 6.45) is 3.37. The molecular formula is C20H23N3O2. The van der Waals surface area contributed by atoms with Crippen molar-refractivity contribution in [3.63, 3.8) is 0 Å². The fourth-order valence-corrected chi connectivity index (χ4v) is 3.08. The molecule has 2 aromatic carbocycles. The van der Waals surface area contributed by atoms with E-state index in [4.69, 9.17) is 0 Å². The normalized spacial score (nSPS) is 12.4. The van der Waals surface area contributed by atoms with E-state index in [-0.39, 0.29) is 11.9 Å². The van der Waals surface area contributed by atoms with Gasteiger partial charge in [-0.15, -0.1) is 0 Å². The number of rotatable bonds is 3. The topological polar surface area (TPSA) is 61.4 Å². The Morgan fingerprint density at radius 1 is 0.960 bits per heavy atom. The number of benzene rings is 2. The summed E-state index contributed by atoms with van der Waals surface area (Å²) in [4.78, 5) is 25.9. The van der Waals surface area contributed by atoms with E-state index in [0.29, 0.717) is 11.3 Å². The lowest BCUT2D eigenvalue weighted by Gasteiger charge is -2.14. The Morgan fingerprint density at radius 2 is 1.72 bits per heavy atom. The van der Waals surface area contributed by atoms with Crippen molar-refractivity contribution in [1.82, 2.24) is 4.90 Å². The molecule has 0 bridgehead atoms. The number of carbonyl (C=O) groups is 2. The summed E-state index contributed by atoms with van der Waals surface area (Å²) in [5.41, 5.74) is 5.55. The van der Waals surface area contributed by atoms with Crippen LogP contribution in [0.15, 0.2) is 36.4 Å². The van der Waals surface area contributed by atoms with Crippen LogP contribution in [0.25, 0.3) is 0 Å². The molecule has 3 rings (SSSR count). The van der Waals surface area contributed by atoms with Gasteiger partial charge in [-0.05, 0) is 67.1 Å². The van der Waals surface area contributed by atoms with Crippen molar-refractivity contribution in [3.05, 3.63) is 58.7 Å². The third-order valence-corrected chi connectivity index (χ3v) is 4.50. The standard InChI is InChI=1S/C20H23N3O2/c1-13-7-8-16(19(24)23(2)3)12-18(13)22-20(25)21-17-10-9-14-5-4-6-15(14)11-17/h7-12H,4-6H2,1-3H3,(H2,21,22,25). The summed E-state index contributed by atoms with van der Waals surface area (Å²) in [6, 6.07) is 11.1. The minimum Gasteiger partial charge on any atom is -0.345 e. The highest BCUT2D eigenvalue weighted by Crippen LogP contribution is 2.25. The zero-order chi connectivity index (χ0) is 18.0. The second kappa shape index (κ2) is 6.97. The lowest BCUT2D eigenvalue weighted by molar-refractivity contribution is 0.0827. The van der Waals surface area contributed by atoms with Crippen LogP contribution in [0, 0.1) is 6.92 Å². The highest BCUT2D eigenvalue weighted by molar-refractivity contribution is 6.02. The lowest BCUT2D eigenvalue weighted by atomic mass is 10.1. The third kappa shape index (κ3) is 3.82. The van der Waals surface area contributed by atoms with Crippen molar-refractivity contribution in [2.45, 2.75) is 26.2 Å². The number of hydrogen-bond acceptors (Lipinski definition) is 2. The molecule has 5 nitrogen and oxygen atoms in total. The van der Waals surface area contributed by atoms with E-state index in [0.717, 1.165) is 24.1 Å². The second-order valence-corrected chi connectivity index (χ2v) is 6.65. The molecule has 0 heterocycles. The number of carbonyl (C=O) groups excluding carboxylic acids is 2. The van der Waals surface area contributed by atoms with Crippen LogP contribution in [0.3, 0.4) is 0 Å². The van der Waals surface area contributed by atoms with Crippen molar-refractivity contribution in [2.75, 3.05) is 24.7 Å². The van der Waals surface area contributed by atoms with Gasteiger partial charge in [-0.3, -0.25) is 4.79 Å². The zero-order valence-electron chi connectivity index (χ0n) is 14.8. The Kier molecular flexibility index (Phi) is 4.74. The summed E-state index contributed by atoms with van der Waals surface area (Å²) < 4.78 is 0. The average molecular weight is 337 g/mol. The van der Waals surface area contributed by atoms with E-state index >= 15 is 0 Å². The molecule has 2 aromatic rings. The van der Waals surface area contributed by atoms with Gasteiger partial charge in [0.25, 0.3) is 5.91 Å². The molecule has 3 amide bonds. The number of nitrogens with one attached hydrogen (secondary N) is 2. The molecule has 0 radical (unpaired) electrons. The lowest BCUT2D eigenvalue weighted by Crippen LogP contribution is -2.23. The third-order valence-electron chi connectivity index (χ3n) is 4.50. The van der Waals surface area contributed by atoms with E-state index in [9.17, 15) is 9.59 Å². The highest BCUT2D eigenvalue weighted by atomic mass is 16.2. The second-order valence-electron chi connectivity index (χ2n) is 6.65. The van der Waals surface area contributed by atoms with Gasteiger partial charge in [0.2, 0.25) is 0 Å². The maximum absolute atomic E-state index is 12.3. The first-order chi connectivity index (χ1) is 11.9. The molecule has 5 heteroatoms. The molecule has 1 aliphatic carbocycles. The van der Waals surface area contributed by atoms with Crippen LogP contribution in [-0.4, -0.2) is 30.9 Å². The van der Waals surface area contributed by atoms with E-state index in [1.54, 1.807) is 26.2 Å². The SMILES string of the molecule is Cc1ccc(C(=O)N(C)C)cc1NC(=O)Nc1ccc2c(c1)CCC2. The first-order valence-corrected chi connectivity index (χ1v) is 8.46. The van der Waals surface area contributed by atoms with Crippen LogP contribution < -0.4 is 10.6 Å². The van der Waals surface area contributed by atoms with Crippen molar-refractivity contribution in [1.29, 1.82) is 0 Å². The number of urea groups is 1. The van der Waals surface area contributed by atoms with Crippen LogP contribution in [0.1, 0.15) is 33.5 Å². The molecule has 0 atom stereocenters. The zero-order valence-corrected chi connectivity index (χ0v) is 14.8. The number of nitrogens with zero attached hydrogens (tertiary/aromatic N) is 1. The van der Waals surface area contributed by atoms with E-state index < -0.39 is 0 Å². The van der Waals surface area contributed by atoms with E-state index in [1.165, 1.54) is 22.4 Å². The summed E-state index contributed by atoms with van der Waals surface area (Å²) in [5, 5.41) is 5.71. The summed E-state index contributed by atoms with van der Waals surface area (Å²) in [6.45, 7) is 1.90.